The third-order valence-electron chi connectivity index (χ3n) is 7.82. The lowest BCUT2D eigenvalue weighted by molar-refractivity contribution is 1.07. The van der Waals surface area contributed by atoms with Crippen LogP contribution in [0.4, 0.5) is 0 Å². The number of nitrogens with zero attached hydrogens (tertiary/aromatic N) is 3. The van der Waals surface area contributed by atoms with Crippen LogP contribution < -0.4 is 0 Å². The van der Waals surface area contributed by atoms with E-state index in [0.717, 1.165) is 21.9 Å². The molecule has 0 bridgehead atoms. The maximum absolute atomic E-state index is 6.30. The highest BCUT2D eigenvalue weighted by Gasteiger charge is 2.12. The summed E-state index contributed by atoms with van der Waals surface area (Å²) in [5, 5.41) is 10.1. The third kappa shape index (κ3) is 4.10. The minimum Gasteiger partial charge on any atom is -0.208 e. The van der Waals surface area contributed by atoms with Crippen molar-refractivity contribution in [3.05, 3.63) is 139 Å². The number of hydrogen-bond donors (Lipinski definition) is 0. The number of rotatable bonds is 3. The van der Waals surface area contributed by atoms with Gasteiger partial charge >= 0.3 is 0 Å². The quantitative estimate of drug-likeness (QED) is 0.208. The first-order chi connectivity index (χ1) is 20.2. The van der Waals surface area contributed by atoms with Crippen molar-refractivity contribution in [1.29, 1.82) is 0 Å². The molecule has 0 saturated carbocycles. The second-order valence-electron chi connectivity index (χ2n) is 10.2. The molecule has 0 atom stereocenters. The molecule has 1 aromatic heterocycles. The van der Waals surface area contributed by atoms with E-state index >= 15 is 0 Å². The van der Waals surface area contributed by atoms with E-state index in [4.69, 9.17) is 16.6 Å². The highest BCUT2D eigenvalue weighted by Crippen LogP contribution is 2.37. The van der Waals surface area contributed by atoms with Crippen molar-refractivity contribution < 1.29 is 0 Å². The summed E-state index contributed by atoms with van der Waals surface area (Å²) in [6.45, 7) is 0. The second-order valence-corrected chi connectivity index (χ2v) is 10.6. The van der Waals surface area contributed by atoms with Crippen molar-refractivity contribution >= 4 is 54.7 Å². The first-order valence-electron chi connectivity index (χ1n) is 13.6. The number of aromatic nitrogens is 3. The van der Waals surface area contributed by atoms with Crippen LogP contribution >= 0.6 is 11.6 Å². The van der Waals surface area contributed by atoms with E-state index in [1.807, 2.05) is 36.4 Å². The number of hydrogen-bond acceptors (Lipinski definition) is 3. The van der Waals surface area contributed by atoms with Crippen LogP contribution in [0, 0.1) is 0 Å². The van der Waals surface area contributed by atoms with Crippen LogP contribution in [0.25, 0.3) is 77.0 Å². The summed E-state index contributed by atoms with van der Waals surface area (Å²) in [4.78, 5) is 13.5. The largest absolute Gasteiger partial charge is 0.226 e. The fraction of sp³-hybridized carbons (Fsp3) is 0. The molecule has 0 spiro atoms. The zero-order valence-corrected chi connectivity index (χ0v) is 22.7. The number of halogens is 1. The van der Waals surface area contributed by atoms with Crippen molar-refractivity contribution in [3.63, 3.8) is 0 Å². The molecule has 41 heavy (non-hydrogen) atoms. The van der Waals surface area contributed by atoms with Crippen molar-refractivity contribution in [2.45, 2.75) is 0 Å². The molecule has 0 unspecified atom stereocenters. The molecule has 0 radical (unpaired) electrons. The standard InChI is InChI=1S/C37H22ClN3/c38-37-40-35(23-8-2-1-3-9-23)39-36(41-37)28-17-16-24-20-25(14-15-26(24)21-28)27-18-19-33-31-12-5-4-10-29(31)30-11-6-7-13-32(30)34(33)22-27/h1-22H. The molecule has 192 valence electrons. The van der Waals surface area contributed by atoms with Crippen LogP contribution in [-0.4, -0.2) is 15.0 Å². The number of benzene rings is 7. The fourth-order valence-corrected chi connectivity index (χ4v) is 6.01. The molecule has 8 aromatic rings. The predicted molar refractivity (Wildman–Crippen MR) is 171 cm³/mol. The zero-order valence-electron chi connectivity index (χ0n) is 21.9. The Morgan fingerprint density at radius 2 is 0.805 bits per heavy atom. The summed E-state index contributed by atoms with van der Waals surface area (Å²) in [6.07, 6.45) is 0. The molecule has 0 aliphatic carbocycles. The Kier molecular flexibility index (Phi) is 5.51. The summed E-state index contributed by atoms with van der Waals surface area (Å²) in [5.41, 5.74) is 4.18. The van der Waals surface area contributed by atoms with E-state index in [9.17, 15) is 0 Å². The van der Waals surface area contributed by atoms with Crippen LogP contribution in [0.15, 0.2) is 133 Å². The Morgan fingerprint density at radius 1 is 0.341 bits per heavy atom. The monoisotopic (exact) mass is 543 g/mol. The first kappa shape index (κ1) is 23.7. The molecule has 3 nitrogen and oxygen atoms in total. The average Bonchev–Trinajstić information content (AvgIpc) is 3.04. The Hall–Kier alpha value is -5.12. The molecule has 4 heteroatoms. The molecule has 7 aromatic carbocycles. The summed E-state index contributed by atoms with van der Waals surface area (Å²) >= 11 is 6.30. The van der Waals surface area contributed by atoms with E-state index < -0.39 is 0 Å². The van der Waals surface area contributed by atoms with Crippen LogP contribution in [0.3, 0.4) is 0 Å². The van der Waals surface area contributed by atoms with Crippen LogP contribution in [0.5, 0.6) is 0 Å². The minimum atomic E-state index is 0.181. The van der Waals surface area contributed by atoms with E-state index in [1.165, 1.54) is 43.4 Å². The van der Waals surface area contributed by atoms with E-state index in [-0.39, 0.29) is 5.28 Å². The molecule has 0 N–H and O–H groups in total. The van der Waals surface area contributed by atoms with Crippen LogP contribution in [0.1, 0.15) is 0 Å². The van der Waals surface area contributed by atoms with Gasteiger partial charge in [-0.25, -0.2) is 4.98 Å². The maximum Gasteiger partial charge on any atom is 0.226 e. The van der Waals surface area contributed by atoms with E-state index in [0.29, 0.717) is 11.6 Å². The molecule has 8 rings (SSSR count). The fourth-order valence-electron chi connectivity index (χ4n) is 5.85. The summed E-state index contributed by atoms with van der Waals surface area (Å²) in [5.74, 6) is 1.12. The van der Waals surface area contributed by atoms with Crippen molar-refractivity contribution in [3.8, 4) is 33.9 Å². The van der Waals surface area contributed by atoms with Crippen LogP contribution in [0.2, 0.25) is 5.28 Å². The molecule has 0 fully saturated rings. The highest BCUT2D eigenvalue weighted by molar-refractivity contribution is 6.28. The molecule has 0 saturated heterocycles. The Morgan fingerprint density at radius 3 is 1.46 bits per heavy atom. The normalized spacial score (nSPS) is 11.5. The Labute approximate surface area is 241 Å². The van der Waals surface area contributed by atoms with Gasteiger partial charge in [-0.3, -0.25) is 0 Å². The van der Waals surface area contributed by atoms with Crippen molar-refractivity contribution in [2.75, 3.05) is 0 Å². The van der Waals surface area contributed by atoms with Gasteiger partial charge in [0.05, 0.1) is 0 Å². The first-order valence-corrected chi connectivity index (χ1v) is 13.9. The lowest BCUT2D eigenvalue weighted by atomic mass is 9.91. The molecule has 1 heterocycles. The van der Waals surface area contributed by atoms with Gasteiger partial charge in [-0.05, 0) is 84.0 Å². The Balaban J connectivity index is 1.22. The van der Waals surface area contributed by atoms with Gasteiger partial charge < -0.3 is 0 Å². The van der Waals surface area contributed by atoms with Gasteiger partial charge in [0.2, 0.25) is 5.28 Å². The SMILES string of the molecule is Clc1nc(-c2ccccc2)nc(-c2ccc3cc(-c4ccc5c6ccccc6c6ccccc6c5c4)ccc3c2)n1. The summed E-state index contributed by atoms with van der Waals surface area (Å²) < 4.78 is 0. The highest BCUT2D eigenvalue weighted by atomic mass is 35.5. The zero-order chi connectivity index (χ0) is 27.3. The smallest absolute Gasteiger partial charge is 0.208 e. The maximum atomic E-state index is 6.30. The van der Waals surface area contributed by atoms with Crippen LogP contribution in [-0.2, 0) is 0 Å². The van der Waals surface area contributed by atoms with Crippen molar-refractivity contribution in [2.24, 2.45) is 0 Å². The van der Waals surface area contributed by atoms with Gasteiger partial charge in [0.25, 0.3) is 0 Å². The predicted octanol–water partition coefficient (Wildman–Crippen LogP) is 10.1. The molecule has 0 aliphatic heterocycles. The van der Waals surface area contributed by atoms with E-state index in [1.54, 1.807) is 0 Å². The van der Waals surface area contributed by atoms with E-state index in [2.05, 4.69) is 107 Å². The van der Waals surface area contributed by atoms with Gasteiger partial charge in [-0.2, -0.15) is 9.97 Å². The lowest BCUT2D eigenvalue weighted by Crippen LogP contribution is -1.97. The summed E-state index contributed by atoms with van der Waals surface area (Å²) in [7, 11) is 0. The van der Waals surface area contributed by atoms with Crippen molar-refractivity contribution in [1.82, 2.24) is 15.0 Å². The van der Waals surface area contributed by atoms with Gasteiger partial charge in [0, 0.05) is 11.1 Å². The van der Waals surface area contributed by atoms with Gasteiger partial charge in [-0.15, -0.1) is 0 Å². The molecular formula is C37H22ClN3. The number of fused-ring (bicyclic) bond motifs is 7. The lowest BCUT2D eigenvalue weighted by Gasteiger charge is -2.12. The molecule has 0 aliphatic rings. The Bertz CT molecular complexity index is 2240. The van der Waals surface area contributed by atoms with Gasteiger partial charge in [0.1, 0.15) is 0 Å². The van der Waals surface area contributed by atoms with Gasteiger partial charge in [0.15, 0.2) is 11.6 Å². The average molecular weight is 544 g/mol. The molecule has 0 amide bonds. The minimum absolute atomic E-state index is 0.181. The third-order valence-corrected chi connectivity index (χ3v) is 7.99. The summed E-state index contributed by atoms with van der Waals surface area (Å²) in [6, 6.07) is 46.9. The van der Waals surface area contributed by atoms with Gasteiger partial charge in [-0.1, -0.05) is 115 Å². The topological polar surface area (TPSA) is 38.7 Å². The second kappa shape index (κ2) is 9.51. The molecular weight excluding hydrogens is 522 g/mol.